The molecule has 3 aromatic rings. The van der Waals surface area contributed by atoms with E-state index in [4.69, 9.17) is 11.6 Å². The quantitative estimate of drug-likeness (QED) is 0.776. The molecule has 0 saturated carbocycles. The molecule has 0 aliphatic carbocycles. The number of fused-ring (bicyclic) bond motifs is 1. The summed E-state index contributed by atoms with van der Waals surface area (Å²) in [5.74, 6) is -0.0657. The molecule has 0 radical (unpaired) electrons. The zero-order valence-corrected chi connectivity index (χ0v) is 13.0. The van der Waals surface area contributed by atoms with Crippen molar-refractivity contribution in [1.29, 1.82) is 0 Å². The minimum atomic E-state index is -0.0657. The first-order valence-electron chi connectivity index (χ1n) is 6.52. The number of carbonyl (C=O) groups excluding carboxylic acids is 1. The molecular weight excluding hydrogens is 304 g/mol. The first kappa shape index (κ1) is 14.0. The van der Waals surface area contributed by atoms with Gasteiger partial charge in [0.2, 0.25) is 5.91 Å². The van der Waals surface area contributed by atoms with Crippen molar-refractivity contribution in [1.82, 2.24) is 4.98 Å². The maximum Gasteiger partial charge on any atom is 0.230 e. The number of hydrogen-bond acceptors (Lipinski definition) is 3. The highest BCUT2D eigenvalue weighted by Gasteiger charge is 2.10. The lowest BCUT2D eigenvalue weighted by atomic mass is 10.1. The molecule has 0 unspecified atom stereocenters. The first-order chi connectivity index (χ1) is 10.1. The maximum atomic E-state index is 12.0. The molecule has 1 N–H and O–H groups in total. The minimum absolute atomic E-state index is 0.0657. The Kier molecular flexibility index (Phi) is 3.90. The minimum Gasteiger partial charge on any atom is -0.302 e. The van der Waals surface area contributed by atoms with Gasteiger partial charge in [-0.15, -0.1) is 0 Å². The normalized spacial score (nSPS) is 10.8. The van der Waals surface area contributed by atoms with Crippen LogP contribution in [0.4, 0.5) is 5.13 Å². The Morgan fingerprint density at radius 2 is 2.05 bits per heavy atom. The van der Waals surface area contributed by atoms with Crippen molar-refractivity contribution in [3.63, 3.8) is 0 Å². The van der Waals surface area contributed by atoms with Crippen molar-refractivity contribution in [2.75, 3.05) is 5.32 Å². The van der Waals surface area contributed by atoms with Gasteiger partial charge in [0.15, 0.2) is 5.13 Å². The van der Waals surface area contributed by atoms with Crippen molar-refractivity contribution in [2.24, 2.45) is 0 Å². The van der Waals surface area contributed by atoms with Crippen molar-refractivity contribution >= 4 is 44.2 Å². The van der Waals surface area contributed by atoms with Gasteiger partial charge in [-0.1, -0.05) is 53.3 Å². The number of aryl methyl sites for hydroxylation is 1. The molecule has 0 atom stereocenters. The Morgan fingerprint density at radius 1 is 1.29 bits per heavy atom. The predicted octanol–water partition coefficient (Wildman–Crippen LogP) is 4.44. The van der Waals surface area contributed by atoms with Gasteiger partial charge < -0.3 is 5.32 Å². The van der Waals surface area contributed by atoms with E-state index in [9.17, 15) is 4.79 Å². The molecule has 5 heteroatoms. The molecule has 106 valence electrons. The van der Waals surface area contributed by atoms with E-state index >= 15 is 0 Å². The molecule has 0 spiro atoms. The number of nitrogens with one attached hydrogen (secondary N) is 1. The summed E-state index contributed by atoms with van der Waals surface area (Å²) in [6.07, 6.45) is 0.344. The number of anilines is 1. The Morgan fingerprint density at radius 3 is 2.81 bits per heavy atom. The van der Waals surface area contributed by atoms with Gasteiger partial charge in [-0.25, -0.2) is 4.98 Å². The molecule has 3 rings (SSSR count). The number of thiazole rings is 1. The number of carbonyl (C=O) groups is 1. The van der Waals surface area contributed by atoms with E-state index in [1.807, 2.05) is 49.4 Å². The van der Waals surface area contributed by atoms with Crippen molar-refractivity contribution in [3.05, 3.63) is 58.6 Å². The molecule has 1 aromatic heterocycles. The van der Waals surface area contributed by atoms with E-state index in [1.165, 1.54) is 11.3 Å². The van der Waals surface area contributed by atoms with Crippen molar-refractivity contribution in [3.8, 4) is 0 Å². The summed E-state index contributed by atoms with van der Waals surface area (Å²) in [5, 5.41) is 4.15. The van der Waals surface area contributed by atoms with Gasteiger partial charge in [0, 0.05) is 5.02 Å². The van der Waals surface area contributed by atoms with Crippen LogP contribution in [0.25, 0.3) is 10.2 Å². The number of benzene rings is 2. The molecule has 1 heterocycles. The van der Waals surface area contributed by atoms with Gasteiger partial charge in [-0.3, -0.25) is 4.79 Å². The fraction of sp³-hybridized carbons (Fsp3) is 0.125. The number of aromatic nitrogens is 1. The number of halogens is 1. The Bertz CT molecular complexity index is 799. The number of rotatable bonds is 3. The standard InChI is InChI=1S/C16H13ClN2OS/c1-10-7-12(17)9-13-15(10)19-16(21-13)18-14(20)8-11-5-3-2-4-6-11/h2-7,9H,8H2,1H3,(H,18,19,20). The molecule has 0 bridgehead atoms. The van der Waals surface area contributed by atoms with Crippen LogP contribution in [0.15, 0.2) is 42.5 Å². The van der Waals surface area contributed by atoms with Gasteiger partial charge in [-0.05, 0) is 30.2 Å². The van der Waals surface area contributed by atoms with E-state index in [1.54, 1.807) is 0 Å². The van der Waals surface area contributed by atoms with Gasteiger partial charge in [0.05, 0.1) is 16.6 Å². The second kappa shape index (κ2) is 5.84. The van der Waals surface area contributed by atoms with Crippen molar-refractivity contribution in [2.45, 2.75) is 13.3 Å². The SMILES string of the molecule is Cc1cc(Cl)cc2sc(NC(=O)Cc3ccccc3)nc12. The van der Waals surface area contributed by atoms with Gasteiger partial charge in [0.25, 0.3) is 0 Å². The third-order valence-corrected chi connectivity index (χ3v) is 4.24. The fourth-order valence-corrected chi connectivity index (χ4v) is 3.49. The maximum absolute atomic E-state index is 12.0. The molecule has 0 fully saturated rings. The lowest BCUT2D eigenvalue weighted by molar-refractivity contribution is -0.115. The Balaban J connectivity index is 1.79. The van der Waals surface area contributed by atoms with E-state index < -0.39 is 0 Å². The van der Waals surface area contributed by atoms with E-state index in [2.05, 4.69) is 10.3 Å². The lowest BCUT2D eigenvalue weighted by Crippen LogP contribution is -2.14. The third kappa shape index (κ3) is 3.23. The summed E-state index contributed by atoms with van der Waals surface area (Å²) in [5.41, 5.74) is 2.88. The highest BCUT2D eigenvalue weighted by atomic mass is 35.5. The van der Waals surface area contributed by atoms with Crippen molar-refractivity contribution < 1.29 is 4.79 Å². The summed E-state index contributed by atoms with van der Waals surface area (Å²) >= 11 is 7.47. The number of amides is 1. The van der Waals surface area contributed by atoms with Crippen LogP contribution < -0.4 is 5.32 Å². The Hall–Kier alpha value is -1.91. The molecular formula is C16H13ClN2OS. The number of nitrogens with zero attached hydrogens (tertiary/aromatic N) is 1. The third-order valence-electron chi connectivity index (χ3n) is 3.10. The molecule has 0 saturated heterocycles. The summed E-state index contributed by atoms with van der Waals surface area (Å²) < 4.78 is 0.981. The first-order valence-corrected chi connectivity index (χ1v) is 7.72. The van der Waals surface area contributed by atoms with Crippen LogP contribution in [0.3, 0.4) is 0 Å². The Labute approximate surface area is 131 Å². The summed E-state index contributed by atoms with van der Waals surface area (Å²) in [4.78, 5) is 16.5. The zero-order valence-electron chi connectivity index (χ0n) is 11.4. The van der Waals surface area contributed by atoms with Gasteiger partial charge in [-0.2, -0.15) is 0 Å². The van der Waals surface area contributed by atoms with Gasteiger partial charge >= 0.3 is 0 Å². The molecule has 21 heavy (non-hydrogen) atoms. The summed E-state index contributed by atoms with van der Waals surface area (Å²) in [6.45, 7) is 1.96. The summed E-state index contributed by atoms with van der Waals surface area (Å²) in [7, 11) is 0. The number of hydrogen-bond donors (Lipinski definition) is 1. The predicted molar refractivity (Wildman–Crippen MR) is 88.1 cm³/mol. The second-order valence-corrected chi connectivity index (χ2v) is 6.27. The zero-order chi connectivity index (χ0) is 14.8. The highest BCUT2D eigenvalue weighted by molar-refractivity contribution is 7.22. The van der Waals surface area contributed by atoms with E-state index in [0.29, 0.717) is 16.6 Å². The highest BCUT2D eigenvalue weighted by Crippen LogP contribution is 2.30. The van der Waals surface area contributed by atoms with Crippen LogP contribution in [-0.2, 0) is 11.2 Å². The fourth-order valence-electron chi connectivity index (χ4n) is 2.15. The smallest absolute Gasteiger partial charge is 0.230 e. The van der Waals surface area contributed by atoms with E-state index in [0.717, 1.165) is 21.3 Å². The van der Waals surface area contributed by atoms with Crippen LogP contribution in [0.2, 0.25) is 5.02 Å². The van der Waals surface area contributed by atoms with Crippen LogP contribution >= 0.6 is 22.9 Å². The average Bonchev–Trinajstić information content (AvgIpc) is 2.82. The van der Waals surface area contributed by atoms with E-state index in [-0.39, 0.29) is 5.91 Å². The second-order valence-electron chi connectivity index (χ2n) is 4.80. The van der Waals surface area contributed by atoms with Gasteiger partial charge in [0.1, 0.15) is 0 Å². The average molecular weight is 317 g/mol. The molecule has 0 aliphatic heterocycles. The molecule has 2 aromatic carbocycles. The monoisotopic (exact) mass is 316 g/mol. The molecule has 1 amide bonds. The molecule has 0 aliphatic rings. The van der Waals surface area contributed by atoms with Crippen LogP contribution in [0.1, 0.15) is 11.1 Å². The summed E-state index contributed by atoms with van der Waals surface area (Å²) in [6, 6.07) is 13.4. The largest absolute Gasteiger partial charge is 0.302 e. The van der Waals surface area contributed by atoms with Crippen LogP contribution in [0, 0.1) is 6.92 Å². The van der Waals surface area contributed by atoms with Crippen LogP contribution in [-0.4, -0.2) is 10.9 Å². The molecule has 3 nitrogen and oxygen atoms in total. The topological polar surface area (TPSA) is 42.0 Å². The van der Waals surface area contributed by atoms with Crippen LogP contribution in [0.5, 0.6) is 0 Å². The lowest BCUT2D eigenvalue weighted by Gasteiger charge is -2.01.